The second-order valence-corrected chi connectivity index (χ2v) is 5.45. The second kappa shape index (κ2) is 3.78. The van der Waals surface area contributed by atoms with Crippen LogP contribution in [0.1, 0.15) is 39.5 Å². The number of carboxylic acid groups (broad SMARTS) is 1. The van der Waals surface area contributed by atoms with Crippen LogP contribution in [0.5, 0.6) is 0 Å². The van der Waals surface area contributed by atoms with Crippen molar-refractivity contribution in [3.05, 3.63) is 0 Å². The third-order valence-corrected chi connectivity index (χ3v) is 4.29. The first kappa shape index (κ1) is 10.9. The molecule has 1 saturated heterocycles. The number of hydrogen-bond donors (Lipinski definition) is 1. The molecular weight excluding hydrogens is 190 g/mol. The molecule has 1 saturated carbocycles. The summed E-state index contributed by atoms with van der Waals surface area (Å²) in [5, 5.41) is 9.38. The number of hydrogen-bond acceptors (Lipinski definition) is 2. The van der Waals surface area contributed by atoms with Crippen molar-refractivity contribution in [2.75, 3.05) is 13.1 Å². The van der Waals surface area contributed by atoms with Crippen molar-refractivity contribution < 1.29 is 9.90 Å². The standard InChI is InChI=1S/C12H21NO2/c1-9(2)10-7-13(8-10)12(11(14)15)5-3-4-6-12/h9-10H,3-8H2,1-2H3,(H,14,15). The number of carbonyl (C=O) groups is 1. The van der Waals surface area contributed by atoms with Crippen LogP contribution in [0, 0.1) is 11.8 Å². The van der Waals surface area contributed by atoms with E-state index in [1.807, 2.05) is 0 Å². The molecule has 0 radical (unpaired) electrons. The molecule has 15 heavy (non-hydrogen) atoms. The van der Waals surface area contributed by atoms with Crippen LogP contribution in [0.3, 0.4) is 0 Å². The van der Waals surface area contributed by atoms with Crippen LogP contribution in [0.25, 0.3) is 0 Å². The van der Waals surface area contributed by atoms with Gasteiger partial charge in [0, 0.05) is 13.1 Å². The van der Waals surface area contributed by atoms with Gasteiger partial charge in [-0.15, -0.1) is 0 Å². The minimum Gasteiger partial charge on any atom is -0.480 e. The van der Waals surface area contributed by atoms with Gasteiger partial charge in [0.25, 0.3) is 0 Å². The summed E-state index contributed by atoms with van der Waals surface area (Å²) in [6.45, 7) is 6.43. The van der Waals surface area contributed by atoms with E-state index in [0.717, 1.165) is 38.8 Å². The number of likely N-dealkylation sites (tertiary alicyclic amines) is 1. The van der Waals surface area contributed by atoms with Gasteiger partial charge in [0.2, 0.25) is 0 Å². The monoisotopic (exact) mass is 211 g/mol. The maximum Gasteiger partial charge on any atom is 0.324 e. The Morgan fingerprint density at radius 2 is 1.87 bits per heavy atom. The lowest BCUT2D eigenvalue weighted by Gasteiger charge is -2.50. The average molecular weight is 211 g/mol. The van der Waals surface area contributed by atoms with Crippen molar-refractivity contribution in [3.8, 4) is 0 Å². The Kier molecular flexibility index (Phi) is 2.75. The fourth-order valence-electron chi connectivity index (χ4n) is 2.91. The Morgan fingerprint density at radius 3 is 2.27 bits per heavy atom. The fraction of sp³-hybridized carbons (Fsp3) is 0.917. The minimum atomic E-state index is -0.595. The predicted molar refractivity (Wildman–Crippen MR) is 58.7 cm³/mol. The summed E-state index contributed by atoms with van der Waals surface area (Å²) < 4.78 is 0. The van der Waals surface area contributed by atoms with Crippen molar-refractivity contribution in [2.45, 2.75) is 45.1 Å². The zero-order valence-electron chi connectivity index (χ0n) is 9.70. The summed E-state index contributed by atoms with van der Waals surface area (Å²) in [5.41, 5.74) is -0.495. The summed E-state index contributed by atoms with van der Waals surface area (Å²) in [6, 6.07) is 0. The molecule has 0 bridgehead atoms. The van der Waals surface area contributed by atoms with E-state index in [0.29, 0.717) is 11.8 Å². The largest absolute Gasteiger partial charge is 0.480 e. The van der Waals surface area contributed by atoms with Crippen LogP contribution in [0.15, 0.2) is 0 Å². The molecule has 86 valence electrons. The lowest BCUT2D eigenvalue weighted by Crippen LogP contribution is -2.63. The van der Waals surface area contributed by atoms with Gasteiger partial charge in [-0.05, 0) is 24.7 Å². The van der Waals surface area contributed by atoms with E-state index in [1.165, 1.54) is 0 Å². The van der Waals surface area contributed by atoms with Crippen LogP contribution in [-0.4, -0.2) is 34.6 Å². The van der Waals surface area contributed by atoms with Gasteiger partial charge in [0.05, 0.1) is 0 Å². The molecule has 0 amide bonds. The first-order chi connectivity index (χ1) is 7.06. The average Bonchev–Trinajstić information content (AvgIpc) is 2.50. The van der Waals surface area contributed by atoms with Gasteiger partial charge in [-0.3, -0.25) is 9.69 Å². The summed E-state index contributed by atoms with van der Waals surface area (Å²) in [6.07, 6.45) is 3.87. The number of aliphatic carboxylic acids is 1. The van der Waals surface area contributed by atoms with E-state index in [1.54, 1.807) is 0 Å². The highest BCUT2D eigenvalue weighted by Crippen LogP contribution is 2.41. The predicted octanol–water partition coefficient (Wildman–Crippen LogP) is 1.97. The van der Waals surface area contributed by atoms with E-state index in [4.69, 9.17) is 0 Å². The maximum absolute atomic E-state index is 11.4. The van der Waals surface area contributed by atoms with Crippen molar-refractivity contribution in [1.29, 1.82) is 0 Å². The van der Waals surface area contributed by atoms with Gasteiger partial charge < -0.3 is 5.11 Å². The van der Waals surface area contributed by atoms with Crippen LogP contribution >= 0.6 is 0 Å². The van der Waals surface area contributed by atoms with Crippen molar-refractivity contribution in [2.24, 2.45) is 11.8 Å². The highest BCUT2D eigenvalue weighted by molar-refractivity contribution is 5.79. The van der Waals surface area contributed by atoms with Gasteiger partial charge in [-0.2, -0.15) is 0 Å². The van der Waals surface area contributed by atoms with Gasteiger partial charge in [0.1, 0.15) is 5.54 Å². The molecule has 2 fully saturated rings. The molecule has 1 heterocycles. The fourth-order valence-corrected chi connectivity index (χ4v) is 2.91. The molecule has 1 N–H and O–H groups in total. The molecule has 0 aromatic rings. The van der Waals surface area contributed by atoms with Crippen LogP contribution in [0.4, 0.5) is 0 Å². The molecule has 0 atom stereocenters. The first-order valence-corrected chi connectivity index (χ1v) is 6.05. The molecule has 0 spiro atoms. The number of nitrogens with zero attached hydrogens (tertiary/aromatic N) is 1. The van der Waals surface area contributed by atoms with E-state index in [9.17, 15) is 9.90 Å². The van der Waals surface area contributed by atoms with Crippen LogP contribution in [-0.2, 0) is 4.79 Å². The molecule has 0 aromatic carbocycles. The lowest BCUT2D eigenvalue weighted by atomic mass is 9.82. The Labute approximate surface area is 91.5 Å². The third-order valence-electron chi connectivity index (χ3n) is 4.29. The van der Waals surface area contributed by atoms with E-state index < -0.39 is 11.5 Å². The second-order valence-electron chi connectivity index (χ2n) is 5.45. The lowest BCUT2D eigenvalue weighted by molar-refractivity contribution is -0.158. The number of rotatable bonds is 3. The molecule has 3 heteroatoms. The normalized spacial score (nSPS) is 26.9. The molecule has 1 aliphatic carbocycles. The summed E-state index contributed by atoms with van der Waals surface area (Å²) in [5.74, 6) is 0.803. The van der Waals surface area contributed by atoms with Crippen LogP contribution in [0.2, 0.25) is 0 Å². The summed E-state index contributed by atoms with van der Waals surface area (Å²) in [4.78, 5) is 13.6. The third kappa shape index (κ3) is 1.67. The Balaban J connectivity index is 2.00. The molecule has 0 aromatic heterocycles. The Bertz CT molecular complexity index is 250. The molecule has 1 aliphatic heterocycles. The van der Waals surface area contributed by atoms with Gasteiger partial charge in [0.15, 0.2) is 0 Å². The highest BCUT2D eigenvalue weighted by Gasteiger charge is 2.50. The van der Waals surface area contributed by atoms with Crippen molar-refractivity contribution >= 4 is 5.97 Å². The maximum atomic E-state index is 11.4. The van der Waals surface area contributed by atoms with Crippen molar-refractivity contribution in [3.63, 3.8) is 0 Å². The van der Waals surface area contributed by atoms with Gasteiger partial charge in [-0.1, -0.05) is 26.7 Å². The van der Waals surface area contributed by atoms with E-state index >= 15 is 0 Å². The molecule has 3 nitrogen and oxygen atoms in total. The van der Waals surface area contributed by atoms with Gasteiger partial charge in [-0.25, -0.2) is 0 Å². The highest BCUT2D eigenvalue weighted by atomic mass is 16.4. The first-order valence-electron chi connectivity index (χ1n) is 6.05. The molecular formula is C12H21NO2. The Morgan fingerprint density at radius 1 is 1.33 bits per heavy atom. The summed E-state index contributed by atoms with van der Waals surface area (Å²) >= 11 is 0. The molecule has 2 rings (SSSR count). The van der Waals surface area contributed by atoms with Gasteiger partial charge >= 0.3 is 5.97 Å². The topological polar surface area (TPSA) is 40.5 Å². The zero-order chi connectivity index (χ0) is 11.1. The zero-order valence-corrected chi connectivity index (χ0v) is 9.70. The van der Waals surface area contributed by atoms with E-state index in [-0.39, 0.29) is 0 Å². The van der Waals surface area contributed by atoms with E-state index in [2.05, 4.69) is 18.7 Å². The molecule has 2 aliphatic rings. The SMILES string of the molecule is CC(C)C1CN(C2(C(=O)O)CCCC2)C1. The quantitative estimate of drug-likeness (QED) is 0.776. The summed E-state index contributed by atoms with van der Waals surface area (Å²) in [7, 11) is 0. The Hall–Kier alpha value is -0.570. The van der Waals surface area contributed by atoms with Crippen molar-refractivity contribution in [1.82, 2.24) is 4.90 Å². The number of carboxylic acids is 1. The van der Waals surface area contributed by atoms with Crippen LogP contribution < -0.4 is 0 Å². The molecule has 0 unspecified atom stereocenters. The minimum absolute atomic E-state index is 0.495. The smallest absolute Gasteiger partial charge is 0.324 e.